The average molecular weight is 709 g/mol. The number of hydrogen-bond donors (Lipinski definition) is 2. The molecule has 270 valence electrons. The van der Waals surface area contributed by atoms with E-state index in [1.807, 2.05) is 0 Å². The second kappa shape index (κ2) is 15.4. The van der Waals surface area contributed by atoms with Crippen LogP contribution in [0.4, 0.5) is 45.5 Å². The second-order valence-corrected chi connectivity index (χ2v) is 12.6. The zero-order valence-electron chi connectivity index (χ0n) is 26.8. The lowest BCUT2D eigenvalue weighted by Crippen LogP contribution is -2.28. The topological polar surface area (TPSA) is 91.5 Å². The van der Waals surface area contributed by atoms with Crippen molar-refractivity contribution in [3.63, 3.8) is 0 Å². The van der Waals surface area contributed by atoms with Gasteiger partial charge in [-0.15, -0.1) is 0 Å². The van der Waals surface area contributed by atoms with Gasteiger partial charge in [0.15, 0.2) is 0 Å². The van der Waals surface area contributed by atoms with Crippen molar-refractivity contribution in [2.45, 2.75) is 90.4 Å². The molecule has 0 unspecified atom stereocenters. The van der Waals surface area contributed by atoms with E-state index in [0.717, 1.165) is 31.7 Å². The number of hydrogen-bond acceptors (Lipinski definition) is 6. The largest absolute Gasteiger partial charge is 0.481 e. The fourth-order valence-electron chi connectivity index (χ4n) is 6.25. The summed E-state index contributed by atoms with van der Waals surface area (Å²) < 4.78 is 128. The van der Waals surface area contributed by atoms with Gasteiger partial charge in [-0.05, 0) is 122 Å². The molecule has 0 spiro atoms. The molecule has 2 N–H and O–H groups in total. The molecule has 7 nitrogen and oxygen atoms in total. The first-order valence-corrected chi connectivity index (χ1v) is 15.7. The van der Waals surface area contributed by atoms with Crippen LogP contribution in [0.2, 0.25) is 0 Å². The van der Waals surface area contributed by atoms with Gasteiger partial charge in [0.2, 0.25) is 5.89 Å². The Labute approximate surface area is 276 Å². The van der Waals surface area contributed by atoms with Gasteiger partial charge in [-0.25, -0.2) is 0 Å². The normalized spacial score (nSPS) is 17.4. The Bertz CT molecular complexity index is 1540. The highest BCUT2D eigenvalue weighted by Gasteiger charge is 2.37. The third-order valence-corrected chi connectivity index (χ3v) is 8.70. The Balaban J connectivity index is 1.56. The molecule has 3 aromatic rings. The van der Waals surface area contributed by atoms with Gasteiger partial charge in [-0.2, -0.15) is 44.5 Å². The highest BCUT2D eigenvalue weighted by Crippen LogP contribution is 2.38. The minimum atomic E-state index is -5.09. The molecular weight excluding hydrogens is 671 g/mol. The zero-order chi connectivity index (χ0) is 36.1. The second-order valence-electron chi connectivity index (χ2n) is 12.6. The first-order valence-electron chi connectivity index (χ1n) is 15.7. The minimum absolute atomic E-state index is 0.00148. The van der Waals surface area contributed by atoms with E-state index in [0.29, 0.717) is 49.5 Å². The van der Waals surface area contributed by atoms with Crippen molar-refractivity contribution in [1.82, 2.24) is 15.5 Å². The molecule has 0 radical (unpaired) electrons. The molecule has 2 aromatic carbocycles. The molecule has 1 heterocycles. The van der Waals surface area contributed by atoms with Gasteiger partial charge < -0.3 is 19.8 Å². The van der Waals surface area contributed by atoms with Gasteiger partial charge in [0.05, 0.1) is 16.7 Å². The molecule has 1 saturated carbocycles. The maximum atomic E-state index is 14.0. The number of carboxylic acid groups (broad SMARTS) is 1. The number of aryl methyl sites for hydroxylation is 3. The van der Waals surface area contributed by atoms with Crippen molar-refractivity contribution in [3.8, 4) is 0 Å². The van der Waals surface area contributed by atoms with E-state index in [1.54, 1.807) is 0 Å². The molecular formula is C33H37F9N4O3. The molecule has 16 heteroatoms. The molecule has 1 aliphatic carbocycles. The van der Waals surface area contributed by atoms with E-state index in [-0.39, 0.29) is 47.9 Å². The molecule has 0 bridgehead atoms. The van der Waals surface area contributed by atoms with E-state index in [9.17, 15) is 44.3 Å². The summed E-state index contributed by atoms with van der Waals surface area (Å²) >= 11 is 0. The number of anilines is 1. The summed E-state index contributed by atoms with van der Waals surface area (Å²) in [7, 11) is 0. The molecule has 1 fully saturated rings. The molecule has 49 heavy (non-hydrogen) atoms. The van der Waals surface area contributed by atoms with Crippen molar-refractivity contribution < 1.29 is 53.9 Å². The van der Waals surface area contributed by atoms with Crippen LogP contribution in [0.25, 0.3) is 0 Å². The Morgan fingerprint density at radius 1 is 0.857 bits per heavy atom. The van der Waals surface area contributed by atoms with Crippen molar-refractivity contribution in [2.24, 2.45) is 11.8 Å². The van der Waals surface area contributed by atoms with E-state index in [4.69, 9.17) is 9.63 Å². The summed E-state index contributed by atoms with van der Waals surface area (Å²) in [6, 6.07) is 3.44. The number of rotatable bonds is 13. The summed E-state index contributed by atoms with van der Waals surface area (Å²) in [5, 5.41) is 16.1. The summed E-state index contributed by atoms with van der Waals surface area (Å²) in [6.07, 6.45) is -10.4. The Morgan fingerprint density at radius 3 is 2.00 bits per heavy atom. The van der Waals surface area contributed by atoms with Crippen LogP contribution in [0.1, 0.15) is 83.4 Å². The number of nitrogens with zero attached hydrogens (tertiary/aromatic N) is 3. The summed E-state index contributed by atoms with van der Waals surface area (Å²) in [6.45, 7) is 3.00. The first-order chi connectivity index (χ1) is 22.8. The van der Waals surface area contributed by atoms with Crippen LogP contribution in [0.3, 0.4) is 0 Å². The maximum Gasteiger partial charge on any atom is 0.416 e. The van der Waals surface area contributed by atoms with Crippen LogP contribution < -0.4 is 10.2 Å². The maximum absolute atomic E-state index is 14.0. The molecule has 0 amide bonds. The number of aromatic nitrogens is 2. The Morgan fingerprint density at radius 2 is 1.47 bits per heavy atom. The Kier molecular flexibility index (Phi) is 11.9. The van der Waals surface area contributed by atoms with Gasteiger partial charge in [0, 0.05) is 26.4 Å². The lowest BCUT2D eigenvalue weighted by molar-refractivity contribution is -0.143. The van der Waals surface area contributed by atoms with Gasteiger partial charge in [-0.1, -0.05) is 6.07 Å². The van der Waals surface area contributed by atoms with Gasteiger partial charge in [-0.3, -0.25) is 4.79 Å². The van der Waals surface area contributed by atoms with Crippen LogP contribution in [0, 0.1) is 25.7 Å². The molecule has 4 rings (SSSR count). The summed E-state index contributed by atoms with van der Waals surface area (Å²) in [4.78, 5) is 16.2. The van der Waals surface area contributed by atoms with E-state index in [1.165, 1.54) is 24.8 Å². The lowest BCUT2D eigenvalue weighted by Gasteiger charge is -2.27. The van der Waals surface area contributed by atoms with Gasteiger partial charge in [0.1, 0.15) is 0 Å². The number of alkyl halides is 9. The average Bonchev–Trinajstić information content (AvgIpc) is 3.42. The smallest absolute Gasteiger partial charge is 0.416 e. The van der Waals surface area contributed by atoms with Gasteiger partial charge >= 0.3 is 24.5 Å². The highest BCUT2D eigenvalue weighted by molar-refractivity contribution is 5.67. The third-order valence-electron chi connectivity index (χ3n) is 8.70. The summed E-state index contributed by atoms with van der Waals surface area (Å²) in [5.41, 5.74) is -3.75. The van der Waals surface area contributed by atoms with Crippen LogP contribution in [0.5, 0.6) is 0 Å². The molecule has 0 saturated heterocycles. The monoisotopic (exact) mass is 708 g/mol. The highest BCUT2D eigenvalue weighted by atomic mass is 19.4. The van der Waals surface area contributed by atoms with Crippen LogP contribution >= 0.6 is 0 Å². The predicted octanol–water partition coefficient (Wildman–Crippen LogP) is 8.75. The van der Waals surface area contributed by atoms with E-state index in [2.05, 4.69) is 15.5 Å². The predicted molar refractivity (Wildman–Crippen MR) is 160 cm³/mol. The number of benzene rings is 2. The fourth-order valence-corrected chi connectivity index (χ4v) is 6.25. The number of carbonyl (C=O) groups is 1. The molecule has 1 aliphatic rings. The standard InChI is InChI=1S/C33H37F9N4O3/c1-19-10-24(4-3-9-43-16-22-7-5-21(6-8-22)13-29(47)48)25(14-28(19)33(40,41)42)18-46(30-44-20(2)49-45-30)17-23-11-26(31(34,35)36)15-27(12-23)32(37,38)39/h10-12,14-15,21-22,43H,3-9,13,16-18H2,1-2H3,(H,47,48). The minimum Gasteiger partial charge on any atom is -0.481 e. The van der Waals surface area contributed by atoms with Crippen molar-refractivity contribution in [3.05, 3.63) is 75.2 Å². The van der Waals surface area contributed by atoms with Gasteiger partial charge in [0.25, 0.3) is 5.95 Å². The van der Waals surface area contributed by atoms with Crippen LogP contribution in [0.15, 0.2) is 34.9 Å². The first kappa shape index (κ1) is 38.0. The fraction of sp³-hybridized carbons (Fsp3) is 0.545. The number of aliphatic carboxylic acids is 1. The van der Waals surface area contributed by atoms with Crippen molar-refractivity contribution in [2.75, 3.05) is 18.0 Å². The number of halogens is 9. The lowest BCUT2D eigenvalue weighted by atomic mass is 9.80. The van der Waals surface area contributed by atoms with Crippen molar-refractivity contribution >= 4 is 11.9 Å². The molecule has 0 aliphatic heterocycles. The number of carboxylic acids is 1. The number of nitrogens with one attached hydrogen (secondary N) is 1. The van der Waals surface area contributed by atoms with E-state index >= 15 is 0 Å². The van der Waals surface area contributed by atoms with Crippen LogP contribution in [-0.4, -0.2) is 34.3 Å². The molecule has 1 aromatic heterocycles. The van der Waals surface area contributed by atoms with E-state index < -0.39 is 53.3 Å². The SMILES string of the molecule is Cc1nc(N(Cc2cc(C(F)(F)F)cc(C(F)(F)F)c2)Cc2cc(C(F)(F)F)c(C)cc2CCCNCC2CCC(CC(=O)O)CC2)no1. The van der Waals surface area contributed by atoms with Crippen LogP contribution in [-0.2, 0) is 42.8 Å². The summed E-state index contributed by atoms with van der Waals surface area (Å²) in [5.74, 6) is -0.438. The quantitative estimate of drug-likeness (QED) is 0.136. The van der Waals surface area contributed by atoms with Crippen molar-refractivity contribution in [1.29, 1.82) is 0 Å². The Hall–Kier alpha value is -3.82. The third kappa shape index (κ3) is 10.8. The molecule has 0 atom stereocenters. The zero-order valence-corrected chi connectivity index (χ0v) is 26.8.